The molecule has 0 bridgehead atoms. The summed E-state index contributed by atoms with van der Waals surface area (Å²) in [4.78, 5) is 27.4. The van der Waals surface area contributed by atoms with Crippen LogP contribution in [0.5, 0.6) is 0 Å². The Morgan fingerprint density at radius 1 is 1.36 bits per heavy atom. The molecule has 120 valence electrons. The minimum Gasteiger partial charge on any atom is -0.477 e. The largest absolute Gasteiger partial charge is 0.477 e. The predicted octanol–water partition coefficient (Wildman–Crippen LogP) is 2.58. The fourth-order valence-corrected chi connectivity index (χ4v) is 2.29. The SMILES string of the molecule is O=C(O)c1cc(C(=O)N(CC2CCC2)CC(F)(F)F)ccn1. The van der Waals surface area contributed by atoms with Crippen molar-refractivity contribution in [3.8, 4) is 0 Å². The summed E-state index contributed by atoms with van der Waals surface area (Å²) in [7, 11) is 0. The third-order valence-corrected chi connectivity index (χ3v) is 3.59. The molecule has 1 saturated carbocycles. The molecule has 1 fully saturated rings. The van der Waals surface area contributed by atoms with Gasteiger partial charge in [0.15, 0.2) is 0 Å². The molecular formula is C14H15F3N2O3. The van der Waals surface area contributed by atoms with Crippen LogP contribution in [0, 0.1) is 5.92 Å². The van der Waals surface area contributed by atoms with E-state index in [0.29, 0.717) is 0 Å². The monoisotopic (exact) mass is 316 g/mol. The van der Waals surface area contributed by atoms with Crippen LogP contribution < -0.4 is 0 Å². The molecule has 0 unspecified atom stereocenters. The molecule has 2 rings (SSSR count). The lowest BCUT2D eigenvalue weighted by atomic mass is 9.85. The summed E-state index contributed by atoms with van der Waals surface area (Å²) < 4.78 is 38.0. The zero-order chi connectivity index (χ0) is 16.3. The number of carbonyl (C=O) groups is 2. The molecule has 0 saturated heterocycles. The van der Waals surface area contributed by atoms with Crippen LogP contribution in [-0.2, 0) is 0 Å². The number of hydrogen-bond acceptors (Lipinski definition) is 3. The maximum Gasteiger partial charge on any atom is 0.406 e. The Morgan fingerprint density at radius 2 is 2.05 bits per heavy atom. The van der Waals surface area contributed by atoms with Gasteiger partial charge in [-0.15, -0.1) is 0 Å². The van der Waals surface area contributed by atoms with Gasteiger partial charge < -0.3 is 10.0 Å². The molecule has 22 heavy (non-hydrogen) atoms. The first kappa shape index (κ1) is 16.3. The van der Waals surface area contributed by atoms with E-state index in [9.17, 15) is 22.8 Å². The molecule has 5 nitrogen and oxygen atoms in total. The number of carboxylic acids is 1. The topological polar surface area (TPSA) is 70.5 Å². The molecule has 1 aromatic rings. The lowest BCUT2D eigenvalue weighted by Gasteiger charge is -2.33. The van der Waals surface area contributed by atoms with Gasteiger partial charge in [0.25, 0.3) is 5.91 Å². The van der Waals surface area contributed by atoms with Crippen molar-refractivity contribution >= 4 is 11.9 Å². The summed E-state index contributed by atoms with van der Waals surface area (Å²) in [6.45, 7) is -1.31. The number of aromatic carboxylic acids is 1. The van der Waals surface area contributed by atoms with Crippen molar-refractivity contribution in [1.29, 1.82) is 0 Å². The van der Waals surface area contributed by atoms with Crippen LogP contribution in [0.25, 0.3) is 0 Å². The molecule has 1 aliphatic rings. The fraction of sp³-hybridized carbons (Fsp3) is 0.500. The van der Waals surface area contributed by atoms with Crippen molar-refractivity contribution in [2.45, 2.75) is 25.4 Å². The number of amides is 1. The molecule has 0 atom stereocenters. The summed E-state index contributed by atoms with van der Waals surface area (Å²) >= 11 is 0. The van der Waals surface area contributed by atoms with Crippen LogP contribution in [0.4, 0.5) is 13.2 Å². The quantitative estimate of drug-likeness (QED) is 0.906. The zero-order valence-corrected chi connectivity index (χ0v) is 11.6. The van der Waals surface area contributed by atoms with Gasteiger partial charge in [-0.05, 0) is 30.9 Å². The normalized spacial score (nSPS) is 15.2. The van der Waals surface area contributed by atoms with Crippen LogP contribution in [0.15, 0.2) is 18.3 Å². The third kappa shape index (κ3) is 4.19. The van der Waals surface area contributed by atoms with Crippen molar-refractivity contribution in [3.05, 3.63) is 29.6 Å². The molecule has 0 radical (unpaired) electrons. The molecule has 8 heteroatoms. The van der Waals surface area contributed by atoms with E-state index in [-0.39, 0.29) is 23.7 Å². The molecule has 0 spiro atoms. The molecule has 1 N–H and O–H groups in total. The molecule has 1 aromatic heterocycles. The van der Waals surface area contributed by atoms with E-state index >= 15 is 0 Å². The number of halogens is 3. The van der Waals surface area contributed by atoms with Crippen LogP contribution in [0.2, 0.25) is 0 Å². The molecule has 1 heterocycles. The molecule has 0 aromatic carbocycles. The summed E-state index contributed by atoms with van der Waals surface area (Å²) in [5.74, 6) is -2.09. The Labute approximate surface area is 124 Å². The molecular weight excluding hydrogens is 301 g/mol. The molecule has 0 aliphatic heterocycles. The number of rotatable bonds is 5. The lowest BCUT2D eigenvalue weighted by molar-refractivity contribution is -0.142. The number of carboxylic acid groups (broad SMARTS) is 1. The Kier molecular flexibility index (Phi) is 4.68. The van der Waals surface area contributed by atoms with E-state index < -0.39 is 24.6 Å². The van der Waals surface area contributed by atoms with Crippen molar-refractivity contribution in [2.24, 2.45) is 5.92 Å². The minimum absolute atomic E-state index is 0.0308. The highest BCUT2D eigenvalue weighted by atomic mass is 19.4. The highest BCUT2D eigenvalue weighted by molar-refractivity contribution is 5.96. The highest BCUT2D eigenvalue weighted by Gasteiger charge is 2.35. The van der Waals surface area contributed by atoms with Crippen molar-refractivity contribution < 1.29 is 27.9 Å². The number of carbonyl (C=O) groups excluding carboxylic acids is 1. The smallest absolute Gasteiger partial charge is 0.406 e. The van der Waals surface area contributed by atoms with E-state index in [2.05, 4.69) is 4.98 Å². The van der Waals surface area contributed by atoms with E-state index in [1.54, 1.807) is 0 Å². The number of hydrogen-bond donors (Lipinski definition) is 1. The second-order valence-electron chi connectivity index (χ2n) is 5.33. The zero-order valence-electron chi connectivity index (χ0n) is 11.6. The van der Waals surface area contributed by atoms with Gasteiger partial charge in [-0.3, -0.25) is 4.79 Å². The first-order valence-electron chi connectivity index (χ1n) is 6.81. The maximum atomic E-state index is 12.7. The van der Waals surface area contributed by atoms with Crippen LogP contribution in [0.3, 0.4) is 0 Å². The van der Waals surface area contributed by atoms with E-state index in [0.717, 1.165) is 36.4 Å². The summed E-state index contributed by atoms with van der Waals surface area (Å²) in [6.07, 6.45) is -0.832. The second kappa shape index (κ2) is 6.33. The van der Waals surface area contributed by atoms with Gasteiger partial charge in [0, 0.05) is 18.3 Å². The van der Waals surface area contributed by atoms with Crippen molar-refractivity contribution in [2.75, 3.05) is 13.1 Å². The summed E-state index contributed by atoms with van der Waals surface area (Å²) in [6, 6.07) is 2.22. The first-order valence-corrected chi connectivity index (χ1v) is 6.81. The Balaban J connectivity index is 2.19. The third-order valence-electron chi connectivity index (χ3n) is 3.59. The summed E-state index contributed by atoms with van der Waals surface area (Å²) in [5, 5.41) is 8.84. The highest BCUT2D eigenvalue weighted by Crippen LogP contribution is 2.29. The predicted molar refractivity (Wildman–Crippen MR) is 70.5 cm³/mol. The van der Waals surface area contributed by atoms with Gasteiger partial charge in [0.05, 0.1) is 0 Å². The van der Waals surface area contributed by atoms with Crippen LogP contribution >= 0.6 is 0 Å². The van der Waals surface area contributed by atoms with Gasteiger partial charge in [-0.1, -0.05) is 6.42 Å². The van der Waals surface area contributed by atoms with Gasteiger partial charge in [-0.2, -0.15) is 13.2 Å². The number of pyridine rings is 1. The van der Waals surface area contributed by atoms with Crippen LogP contribution in [0.1, 0.15) is 40.1 Å². The van der Waals surface area contributed by atoms with E-state index in [1.807, 2.05) is 0 Å². The minimum atomic E-state index is -4.50. The number of alkyl halides is 3. The average Bonchev–Trinajstić information content (AvgIpc) is 2.39. The lowest BCUT2D eigenvalue weighted by Crippen LogP contribution is -2.43. The standard InChI is InChI=1S/C14H15F3N2O3/c15-14(16,17)8-19(7-9-2-1-3-9)12(20)10-4-5-18-11(6-10)13(21)22/h4-6,9H,1-3,7-8H2,(H,21,22). The average molecular weight is 316 g/mol. The van der Waals surface area contributed by atoms with Crippen LogP contribution in [-0.4, -0.2) is 46.1 Å². The molecule has 1 aliphatic carbocycles. The fourth-order valence-electron chi connectivity index (χ4n) is 2.29. The maximum absolute atomic E-state index is 12.7. The number of nitrogens with zero attached hydrogens (tertiary/aromatic N) is 2. The van der Waals surface area contributed by atoms with E-state index in [1.165, 1.54) is 6.07 Å². The first-order chi connectivity index (χ1) is 10.3. The Morgan fingerprint density at radius 3 is 2.55 bits per heavy atom. The Hall–Kier alpha value is -2.12. The van der Waals surface area contributed by atoms with Gasteiger partial charge in [0.1, 0.15) is 12.2 Å². The number of aromatic nitrogens is 1. The van der Waals surface area contributed by atoms with Crippen molar-refractivity contribution in [1.82, 2.24) is 9.88 Å². The van der Waals surface area contributed by atoms with Crippen molar-refractivity contribution in [3.63, 3.8) is 0 Å². The van der Waals surface area contributed by atoms with Gasteiger partial charge in [-0.25, -0.2) is 9.78 Å². The van der Waals surface area contributed by atoms with Gasteiger partial charge >= 0.3 is 12.1 Å². The van der Waals surface area contributed by atoms with Gasteiger partial charge in [0.2, 0.25) is 0 Å². The Bertz CT molecular complexity index is 571. The molecule has 1 amide bonds. The summed E-state index contributed by atoms with van der Waals surface area (Å²) in [5.41, 5.74) is -0.475. The van der Waals surface area contributed by atoms with E-state index in [4.69, 9.17) is 5.11 Å². The second-order valence-corrected chi connectivity index (χ2v) is 5.33.